The number of aryl methyl sites for hydroxylation is 1. The van der Waals surface area contributed by atoms with Gasteiger partial charge in [-0.15, -0.1) is 0 Å². The Bertz CT molecular complexity index is 525. The highest BCUT2D eigenvalue weighted by molar-refractivity contribution is 7.10. The van der Waals surface area contributed by atoms with Crippen LogP contribution in [0.3, 0.4) is 0 Å². The summed E-state index contributed by atoms with van der Waals surface area (Å²) in [5, 5.41) is 12.7. The van der Waals surface area contributed by atoms with Gasteiger partial charge >= 0.3 is 5.97 Å². The topological polar surface area (TPSA) is 75.1 Å². The van der Waals surface area contributed by atoms with Crippen molar-refractivity contribution in [3.8, 4) is 0 Å². The van der Waals surface area contributed by atoms with Crippen molar-refractivity contribution in [1.82, 2.24) is 9.36 Å². The molecule has 0 atom stereocenters. The third-order valence-corrected chi connectivity index (χ3v) is 3.15. The standard InChI is InChI=1S/C11H11N3O2S/c1-7-9(11(15)16)10(17-14-7)13-6-8-3-2-4-12-5-8/h2-5,13H,6H2,1H3,(H,15,16). The van der Waals surface area contributed by atoms with E-state index in [1.807, 2.05) is 12.1 Å². The van der Waals surface area contributed by atoms with Crippen LogP contribution in [-0.4, -0.2) is 20.4 Å². The van der Waals surface area contributed by atoms with Gasteiger partial charge in [-0.25, -0.2) is 4.79 Å². The summed E-state index contributed by atoms with van der Waals surface area (Å²) < 4.78 is 4.03. The van der Waals surface area contributed by atoms with Crippen molar-refractivity contribution < 1.29 is 9.90 Å². The van der Waals surface area contributed by atoms with Gasteiger partial charge in [0.1, 0.15) is 10.6 Å². The second-order valence-corrected chi connectivity index (χ2v) is 4.27. The predicted octanol–water partition coefficient (Wildman–Crippen LogP) is 2.16. The molecule has 0 aliphatic carbocycles. The van der Waals surface area contributed by atoms with Gasteiger partial charge in [-0.3, -0.25) is 4.98 Å². The first-order valence-electron chi connectivity index (χ1n) is 5.01. The molecule has 17 heavy (non-hydrogen) atoms. The molecule has 2 heterocycles. The number of carboxylic acid groups (broad SMARTS) is 1. The van der Waals surface area contributed by atoms with Gasteiger partial charge in [0.05, 0.1) is 5.69 Å². The van der Waals surface area contributed by atoms with Crippen LogP contribution in [0.4, 0.5) is 5.00 Å². The van der Waals surface area contributed by atoms with Crippen molar-refractivity contribution in [2.75, 3.05) is 5.32 Å². The van der Waals surface area contributed by atoms with E-state index in [-0.39, 0.29) is 5.56 Å². The Labute approximate surface area is 102 Å². The lowest BCUT2D eigenvalue weighted by atomic mass is 10.2. The SMILES string of the molecule is Cc1nsc(NCc2cccnc2)c1C(=O)O. The maximum atomic E-state index is 11.0. The molecule has 0 aliphatic rings. The summed E-state index contributed by atoms with van der Waals surface area (Å²) in [6.07, 6.45) is 3.43. The maximum absolute atomic E-state index is 11.0. The summed E-state index contributed by atoms with van der Waals surface area (Å²) in [5.41, 5.74) is 1.78. The Morgan fingerprint density at radius 2 is 2.41 bits per heavy atom. The second-order valence-electron chi connectivity index (χ2n) is 3.49. The Kier molecular flexibility index (Phi) is 3.34. The average molecular weight is 249 g/mol. The third kappa shape index (κ3) is 2.59. The molecule has 2 N–H and O–H groups in total. The van der Waals surface area contributed by atoms with Gasteiger partial charge in [-0.05, 0) is 30.1 Å². The number of nitrogens with one attached hydrogen (secondary N) is 1. The Morgan fingerprint density at radius 1 is 1.59 bits per heavy atom. The minimum absolute atomic E-state index is 0.249. The van der Waals surface area contributed by atoms with Crippen molar-refractivity contribution in [1.29, 1.82) is 0 Å². The molecule has 0 unspecified atom stereocenters. The molecule has 0 saturated heterocycles. The fourth-order valence-corrected chi connectivity index (χ4v) is 2.21. The van der Waals surface area contributed by atoms with Crippen LogP contribution in [-0.2, 0) is 6.54 Å². The van der Waals surface area contributed by atoms with Crippen molar-refractivity contribution in [3.05, 3.63) is 41.3 Å². The van der Waals surface area contributed by atoms with Crippen LogP contribution in [0.25, 0.3) is 0 Å². The highest BCUT2D eigenvalue weighted by Crippen LogP contribution is 2.24. The number of aromatic nitrogens is 2. The molecule has 0 amide bonds. The Balaban J connectivity index is 2.12. The van der Waals surface area contributed by atoms with Crippen LogP contribution in [0.15, 0.2) is 24.5 Å². The Morgan fingerprint density at radius 3 is 3.06 bits per heavy atom. The van der Waals surface area contributed by atoms with Gasteiger partial charge in [0.25, 0.3) is 0 Å². The van der Waals surface area contributed by atoms with Crippen LogP contribution in [0.1, 0.15) is 21.6 Å². The lowest BCUT2D eigenvalue weighted by Gasteiger charge is -2.04. The lowest BCUT2D eigenvalue weighted by Crippen LogP contribution is -2.04. The van der Waals surface area contributed by atoms with Gasteiger partial charge < -0.3 is 10.4 Å². The summed E-state index contributed by atoms with van der Waals surface area (Å²) in [7, 11) is 0. The lowest BCUT2D eigenvalue weighted by molar-refractivity contribution is 0.0697. The van der Waals surface area contributed by atoms with Crippen molar-refractivity contribution >= 4 is 22.5 Å². The van der Waals surface area contributed by atoms with Crippen LogP contribution in [0.5, 0.6) is 0 Å². The molecular weight excluding hydrogens is 238 g/mol. The first-order valence-corrected chi connectivity index (χ1v) is 5.78. The van der Waals surface area contributed by atoms with E-state index in [0.29, 0.717) is 17.2 Å². The molecule has 0 spiro atoms. The number of hydrogen-bond donors (Lipinski definition) is 2. The quantitative estimate of drug-likeness (QED) is 0.868. The highest BCUT2D eigenvalue weighted by Gasteiger charge is 2.16. The Hall–Kier alpha value is -1.95. The fraction of sp³-hybridized carbons (Fsp3) is 0.182. The van der Waals surface area contributed by atoms with Crippen LogP contribution < -0.4 is 5.32 Å². The van der Waals surface area contributed by atoms with E-state index < -0.39 is 5.97 Å². The molecule has 2 rings (SSSR count). The first kappa shape index (κ1) is 11.5. The predicted molar refractivity (Wildman–Crippen MR) is 65.4 cm³/mol. The van der Waals surface area contributed by atoms with Crippen LogP contribution >= 0.6 is 11.5 Å². The first-order chi connectivity index (χ1) is 8.18. The van der Waals surface area contributed by atoms with E-state index in [2.05, 4.69) is 14.7 Å². The minimum Gasteiger partial charge on any atom is -0.478 e. The molecular formula is C11H11N3O2S. The van der Waals surface area contributed by atoms with E-state index >= 15 is 0 Å². The van der Waals surface area contributed by atoms with Gasteiger partial charge in [0.2, 0.25) is 0 Å². The number of rotatable bonds is 4. The maximum Gasteiger partial charge on any atom is 0.340 e. The summed E-state index contributed by atoms with van der Waals surface area (Å²) in [6.45, 7) is 2.23. The highest BCUT2D eigenvalue weighted by atomic mass is 32.1. The molecule has 5 nitrogen and oxygen atoms in total. The molecule has 2 aromatic rings. The molecule has 0 radical (unpaired) electrons. The number of pyridine rings is 1. The number of aromatic carboxylic acids is 1. The molecule has 0 fully saturated rings. The van der Waals surface area contributed by atoms with Gasteiger partial charge in [-0.2, -0.15) is 4.37 Å². The number of carbonyl (C=O) groups is 1. The normalized spacial score (nSPS) is 10.2. The second kappa shape index (κ2) is 4.92. The zero-order valence-electron chi connectivity index (χ0n) is 9.17. The van der Waals surface area contributed by atoms with Crippen LogP contribution in [0.2, 0.25) is 0 Å². The zero-order valence-corrected chi connectivity index (χ0v) is 9.99. The average Bonchev–Trinajstić information content (AvgIpc) is 2.69. The summed E-state index contributed by atoms with van der Waals surface area (Å²) >= 11 is 1.16. The molecule has 6 heteroatoms. The number of nitrogens with zero attached hydrogens (tertiary/aromatic N) is 2. The molecule has 0 bridgehead atoms. The number of hydrogen-bond acceptors (Lipinski definition) is 5. The summed E-state index contributed by atoms with van der Waals surface area (Å²) in [4.78, 5) is 15.0. The molecule has 2 aromatic heterocycles. The van der Waals surface area contributed by atoms with E-state index in [4.69, 9.17) is 5.11 Å². The number of carboxylic acids is 1. The van der Waals surface area contributed by atoms with Crippen LogP contribution in [0, 0.1) is 6.92 Å². The monoisotopic (exact) mass is 249 g/mol. The van der Waals surface area contributed by atoms with Crippen molar-refractivity contribution in [2.24, 2.45) is 0 Å². The molecule has 0 aliphatic heterocycles. The van der Waals surface area contributed by atoms with Gasteiger partial charge in [0.15, 0.2) is 0 Å². The smallest absolute Gasteiger partial charge is 0.340 e. The minimum atomic E-state index is -0.954. The van der Waals surface area contributed by atoms with Crippen molar-refractivity contribution in [3.63, 3.8) is 0 Å². The van der Waals surface area contributed by atoms with E-state index in [1.54, 1.807) is 19.3 Å². The zero-order chi connectivity index (χ0) is 12.3. The van der Waals surface area contributed by atoms with E-state index in [1.165, 1.54) is 0 Å². The van der Waals surface area contributed by atoms with E-state index in [0.717, 1.165) is 17.1 Å². The molecule has 0 aromatic carbocycles. The van der Waals surface area contributed by atoms with E-state index in [9.17, 15) is 4.79 Å². The summed E-state index contributed by atoms with van der Waals surface area (Å²) in [5.74, 6) is -0.954. The fourth-order valence-electron chi connectivity index (χ4n) is 1.43. The molecule has 0 saturated carbocycles. The van der Waals surface area contributed by atoms with Crippen molar-refractivity contribution in [2.45, 2.75) is 13.5 Å². The van der Waals surface area contributed by atoms with Gasteiger partial charge in [0, 0.05) is 18.9 Å². The summed E-state index contributed by atoms with van der Waals surface area (Å²) in [6, 6.07) is 3.77. The molecule has 88 valence electrons. The third-order valence-electron chi connectivity index (χ3n) is 2.25. The largest absolute Gasteiger partial charge is 0.478 e. The van der Waals surface area contributed by atoms with Gasteiger partial charge in [-0.1, -0.05) is 6.07 Å². The number of anilines is 1.